The molecule has 0 radical (unpaired) electrons. The van der Waals surface area contributed by atoms with Gasteiger partial charge in [-0.2, -0.15) is 0 Å². The number of nitrogens with zero attached hydrogens (tertiary/aromatic N) is 1. The van der Waals surface area contributed by atoms with Crippen LogP contribution in [0.3, 0.4) is 0 Å². The van der Waals surface area contributed by atoms with E-state index in [2.05, 4.69) is 44.9 Å². The Hall–Kier alpha value is -1.42. The van der Waals surface area contributed by atoms with Crippen LogP contribution >= 0.6 is 0 Å². The van der Waals surface area contributed by atoms with E-state index >= 15 is 0 Å². The van der Waals surface area contributed by atoms with E-state index in [-0.39, 0.29) is 0 Å². The molecule has 370 valence electrons. The summed E-state index contributed by atoms with van der Waals surface area (Å²) >= 11 is 0. The molecule has 1 unspecified atom stereocenters. The van der Waals surface area contributed by atoms with Crippen molar-refractivity contribution in [1.82, 2.24) is 4.90 Å². The molecule has 4 nitrogen and oxygen atoms in total. The molecule has 2 rings (SSSR count). The summed E-state index contributed by atoms with van der Waals surface area (Å²) in [5.74, 6) is 2.71. The van der Waals surface area contributed by atoms with E-state index in [4.69, 9.17) is 14.2 Å². The maximum absolute atomic E-state index is 6.71. The van der Waals surface area contributed by atoms with Crippen LogP contribution in [0.1, 0.15) is 315 Å². The summed E-state index contributed by atoms with van der Waals surface area (Å²) in [5, 5.41) is 0. The normalized spacial score (nSPS) is 14.3. The highest BCUT2D eigenvalue weighted by Gasteiger charge is 2.26. The van der Waals surface area contributed by atoms with Gasteiger partial charge >= 0.3 is 0 Å². The predicted molar refractivity (Wildman–Crippen MR) is 278 cm³/mol. The predicted octanol–water partition coefficient (Wildman–Crippen LogP) is 20.0. The van der Waals surface area contributed by atoms with Gasteiger partial charge in [-0.3, -0.25) is 4.90 Å². The second-order valence-electron chi connectivity index (χ2n) is 20.3. The van der Waals surface area contributed by atoms with Gasteiger partial charge in [-0.1, -0.05) is 271 Å². The summed E-state index contributed by atoms with van der Waals surface area (Å²) in [7, 11) is 2.28. The van der Waals surface area contributed by atoms with Gasteiger partial charge in [-0.25, -0.2) is 0 Å². The molecule has 1 atom stereocenters. The van der Waals surface area contributed by atoms with Crippen LogP contribution in [0.4, 0.5) is 0 Å². The number of rotatable bonds is 49. The Balaban J connectivity index is 1.83. The molecule has 1 aromatic rings. The lowest BCUT2D eigenvalue weighted by Gasteiger charge is -2.24. The molecule has 0 N–H and O–H groups in total. The highest BCUT2D eigenvalue weighted by molar-refractivity contribution is 5.54. The average Bonchev–Trinajstić information content (AvgIpc) is 3.73. The van der Waals surface area contributed by atoms with Crippen LogP contribution in [0.25, 0.3) is 0 Å². The molecule has 1 aromatic carbocycles. The molecule has 0 amide bonds. The fourth-order valence-corrected chi connectivity index (χ4v) is 9.91. The zero-order valence-electron chi connectivity index (χ0n) is 43.3. The molecule has 0 bridgehead atoms. The Labute approximate surface area is 395 Å². The Bertz CT molecular complexity index is 1040. The van der Waals surface area contributed by atoms with Crippen LogP contribution in [-0.4, -0.2) is 38.3 Å². The van der Waals surface area contributed by atoms with Crippen molar-refractivity contribution in [2.24, 2.45) is 0 Å². The first kappa shape index (κ1) is 57.7. The monoisotopic (exact) mass is 882 g/mol. The van der Waals surface area contributed by atoms with Crippen LogP contribution in [-0.2, 0) is 0 Å². The number of benzene rings is 1. The van der Waals surface area contributed by atoms with Crippen LogP contribution < -0.4 is 14.2 Å². The Morgan fingerprint density at radius 2 is 0.619 bits per heavy atom. The molecule has 1 aliphatic rings. The van der Waals surface area contributed by atoms with E-state index < -0.39 is 0 Å². The molecule has 1 heterocycles. The molecule has 1 saturated heterocycles. The smallest absolute Gasteiger partial charge is 0.203 e. The van der Waals surface area contributed by atoms with E-state index in [0.29, 0.717) is 6.04 Å². The maximum Gasteiger partial charge on any atom is 0.203 e. The molecule has 1 aliphatic heterocycles. The standard InChI is InChI=1S/C59H111NO3/c1-5-8-11-14-17-20-23-26-29-32-35-38-41-44-50-61-57-53-55(56-48-47-49-60(56)4)54-58(62-51-45-42-39-36-33-30-27-24-21-18-15-12-9-6-2)59(57)63-52-46-43-40-37-34-31-28-25-22-19-16-13-10-7-3/h53-54,56H,5-52H2,1-4H3. The van der Waals surface area contributed by atoms with Crippen LogP contribution in [0.15, 0.2) is 12.1 Å². The third-order valence-corrected chi connectivity index (χ3v) is 14.2. The average molecular weight is 883 g/mol. The van der Waals surface area contributed by atoms with E-state index in [1.807, 2.05) is 0 Å². The summed E-state index contributed by atoms with van der Waals surface area (Å²) in [6.45, 7) is 10.3. The number of hydrogen-bond donors (Lipinski definition) is 0. The van der Waals surface area contributed by atoms with Crippen molar-refractivity contribution in [3.63, 3.8) is 0 Å². The summed E-state index contributed by atoms with van der Waals surface area (Å²) in [5.41, 5.74) is 1.34. The summed E-state index contributed by atoms with van der Waals surface area (Å²) < 4.78 is 20.1. The Morgan fingerprint density at radius 3 is 0.873 bits per heavy atom. The molecule has 0 saturated carbocycles. The van der Waals surface area contributed by atoms with Crippen molar-refractivity contribution in [3.8, 4) is 17.2 Å². The first-order valence-electron chi connectivity index (χ1n) is 29.0. The van der Waals surface area contributed by atoms with E-state index in [0.717, 1.165) is 62.9 Å². The first-order chi connectivity index (χ1) is 31.2. The third-order valence-electron chi connectivity index (χ3n) is 14.2. The molecule has 1 fully saturated rings. The van der Waals surface area contributed by atoms with Crippen LogP contribution in [0.2, 0.25) is 0 Å². The van der Waals surface area contributed by atoms with Crippen molar-refractivity contribution < 1.29 is 14.2 Å². The Kier molecular flexibility index (Phi) is 40.7. The Morgan fingerprint density at radius 1 is 0.365 bits per heavy atom. The second-order valence-corrected chi connectivity index (χ2v) is 20.3. The van der Waals surface area contributed by atoms with Gasteiger partial charge in [0.2, 0.25) is 5.75 Å². The first-order valence-corrected chi connectivity index (χ1v) is 29.0. The van der Waals surface area contributed by atoms with Gasteiger partial charge < -0.3 is 14.2 Å². The largest absolute Gasteiger partial charge is 0.490 e. The van der Waals surface area contributed by atoms with Crippen LogP contribution in [0, 0.1) is 0 Å². The fraction of sp³-hybridized carbons (Fsp3) is 0.898. The lowest BCUT2D eigenvalue weighted by molar-refractivity contribution is 0.232. The minimum atomic E-state index is 0.427. The molecular formula is C59H111NO3. The highest BCUT2D eigenvalue weighted by atomic mass is 16.5. The van der Waals surface area contributed by atoms with Gasteiger partial charge in [-0.15, -0.1) is 0 Å². The number of ether oxygens (including phenoxy) is 3. The molecular weight excluding hydrogens is 771 g/mol. The summed E-state index contributed by atoms with van der Waals surface area (Å²) in [6.07, 6.45) is 60.2. The number of likely N-dealkylation sites (tertiary alicyclic amines) is 1. The molecule has 0 aromatic heterocycles. The summed E-state index contributed by atoms with van der Waals surface area (Å²) in [6, 6.07) is 5.06. The minimum absolute atomic E-state index is 0.427. The molecule has 0 aliphatic carbocycles. The van der Waals surface area contributed by atoms with Crippen molar-refractivity contribution in [3.05, 3.63) is 17.7 Å². The zero-order chi connectivity index (χ0) is 44.9. The molecule has 63 heavy (non-hydrogen) atoms. The van der Waals surface area contributed by atoms with E-state index in [9.17, 15) is 0 Å². The van der Waals surface area contributed by atoms with Crippen molar-refractivity contribution in [2.75, 3.05) is 33.4 Å². The van der Waals surface area contributed by atoms with Crippen LogP contribution in [0.5, 0.6) is 17.2 Å². The number of unbranched alkanes of at least 4 members (excludes halogenated alkanes) is 39. The van der Waals surface area contributed by atoms with Crippen molar-refractivity contribution in [1.29, 1.82) is 0 Å². The zero-order valence-corrected chi connectivity index (χ0v) is 43.3. The summed E-state index contributed by atoms with van der Waals surface area (Å²) in [4.78, 5) is 2.51. The minimum Gasteiger partial charge on any atom is -0.490 e. The maximum atomic E-state index is 6.71. The van der Waals surface area contributed by atoms with Gasteiger partial charge in [0.25, 0.3) is 0 Å². The molecule has 0 spiro atoms. The van der Waals surface area contributed by atoms with Gasteiger partial charge in [0.15, 0.2) is 11.5 Å². The second kappa shape index (κ2) is 44.4. The topological polar surface area (TPSA) is 30.9 Å². The number of hydrogen-bond acceptors (Lipinski definition) is 4. The SMILES string of the molecule is CCCCCCCCCCCCCCCCOc1cc(C2CCCN2C)cc(OCCCCCCCCCCCCCCCC)c1OCCCCCCCCCCCCCCCC. The van der Waals surface area contributed by atoms with Gasteiger partial charge in [0.1, 0.15) is 0 Å². The fourth-order valence-electron chi connectivity index (χ4n) is 9.91. The van der Waals surface area contributed by atoms with E-state index in [1.54, 1.807) is 0 Å². The van der Waals surface area contributed by atoms with Gasteiger partial charge in [-0.05, 0) is 63.4 Å². The van der Waals surface area contributed by atoms with Crippen molar-refractivity contribution in [2.45, 2.75) is 309 Å². The highest BCUT2D eigenvalue weighted by Crippen LogP contribution is 2.43. The van der Waals surface area contributed by atoms with Gasteiger partial charge in [0, 0.05) is 6.04 Å². The van der Waals surface area contributed by atoms with Crippen molar-refractivity contribution >= 4 is 0 Å². The lowest BCUT2D eigenvalue weighted by Crippen LogP contribution is -2.18. The van der Waals surface area contributed by atoms with Gasteiger partial charge in [0.05, 0.1) is 19.8 Å². The quantitative estimate of drug-likeness (QED) is 0.0610. The third kappa shape index (κ3) is 32.8. The van der Waals surface area contributed by atoms with E-state index in [1.165, 1.54) is 269 Å². The lowest BCUT2D eigenvalue weighted by atomic mass is 10.0. The molecule has 4 heteroatoms.